The second kappa shape index (κ2) is 12.7. The maximum atomic E-state index is 13.2. The lowest BCUT2D eigenvalue weighted by atomic mass is 10.1. The van der Waals surface area contributed by atoms with Crippen LogP contribution in [0.5, 0.6) is 5.75 Å². The molecule has 1 atom stereocenters. The standard InChI is InChI=1S/C25H32Cl2N2O3/c1-5-7-12-28-25(31)23(6-2)29(15-19-9-10-20(26)14-22(19)27)24(30)16-32-21-11-8-17(3)18(4)13-21/h8-11,13-14,23H,5-7,12,15-16H2,1-4H3,(H,28,31)/t23-/m1/s1. The summed E-state index contributed by atoms with van der Waals surface area (Å²) in [6, 6.07) is 10.2. The van der Waals surface area contributed by atoms with E-state index in [1.54, 1.807) is 18.2 Å². The van der Waals surface area contributed by atoms with Crippen molar-refractivity contribution in [1.29, 1.82) is 0 Å². The van der Waals surface area contributed by atoms with Gasteiger partial charge in [-0.15, -0.1) is 0 Å². The molecule has 5 nitrogen and oxygen atoms in total. The normalized spacial score (nSPS) is 11.7. The number of unbranched alkanes of at least 4 members (excludes halogenated alkanes) is 1. The number of amides is 2. The molecular weight excluding hydrogens is 447 g/mol. The van der Waals surface area contributed by atoms with Crippen LogP contribution in [-0.2, 0) is 16.1 Å². The zero-order valence-corrected chi connectivity index (χ0v) is 20.7. The number of rotatable bonds is 11. The SMILES string of the molecule is CCCCNC(=O)[C@@H](CC)N(Cc1ccc(Cl)cc1Cl)C(=O)COc1ccc(C)c(C)c1. The van der Waals surface area contributed by atoms with Gasteiger partial charge >= 0.3 is 0 Å². The van der Waals surface area contributed by atoms with E-state index >= 15 is 0 Å². The van der Waals surface area contributed by atoms with E-state index in [0.717, 1.165) is 29.5 Å². The molecular formula is C25H32Cl2N2O3. The van der Waals surface area contributed by atoms with Crippen molar-refractivity contribution in [3.8, 4) is 5.75 Å². The minimum atomic E-state index is -0.630. The number of carbonyl (C=O) groups is 2. The Morgan fingerprint density at radius 1 is 1.06 bits per heavy atom. The van der Waals surface area contributed by atoms with Crippen molar-refractivity contribution >= 4 is 35.0 Å². The average molecular weight is 479 g/mol. The van der Waals surface area contributed by atoms with Gasteiger partial charge in [-0.3, -0.25) is 9.59 Å². The lowest BCUT2D eigenvalue weighted by Gasteiger charge is -2.31. The Hall–Kier alpha value is -2.24. The van der Waals surface area contributed by atoms with Crippen molar-refractivity contribution in [3.63, 3.8) is 0 Å². The lowest BCUT2D eigenvalue weighted by Crippen LogP contribution is -2.50. The monoisotopic (exact) mass is 478 g/mol. The summed E-state index contributed by atoms with van der Waals surface area (Å²) >= 11 is 12.4. The van der Waals surface area contributed by atoms with Crippen LogP contribution in [0.1, 0.15) is 49.8 Å². The first kappa shape index (κ1) is 26.0. The first-order chi connectivity index (χ1) is 15.3. The fourth-order valence-electron chi connectivity index (χ4n) is 3.29. The Bertz CT molecular complexity index is 933. The van der Waals surface area contributed by atoms with E-state index in [0.29, 0.717) is 28.8 Å². The molecule has 2 amide bonds. The van der Waals surface area contributed by atoms with Gasteiger partial charge in [0.1, 0.15) is 11.8 Å². The van der Waals surface area contributed by atoms with Crippen molar-refractivity contribution in [2.45, 2.75) is 59.5 Å². The van der Waals surface area contributed by atoms with Gasteiger partial charge in [-0.05, 0) is 67.6 Å². The molecule has 1 N–H and O–H groups in total. The van der Waals surface area contributed by atoms with Gasteiger partial charge in [0.2, 0.25) is 5.91 Å². The number of hydrogen-bond acceptors (Lipinski definition) is 3. The highest BCUT2D eigenvalue weighted by Gasteiger charge is 2.29. The van der Waals surface area contributed by atoms with Crippen molar-refractivity contribution < 1.29 is 14.3 Å². The molecule has 2 rings (SSSR count). The third-order valence-electron chi connectivity index (χ3n) is 5.41. The number of aryl methyl sites for hydroxylation is 2. The van der Waals surface area contributed by atoms with Crippen LogP contribution in [0.25, 0.3) is 0 Å². The molecule has 2 aromatic rings. The van der Waals surface area contributed by atoms with Crippen molar-refractivity contribution in [2.75, 3.05) is 13.2 Å². The first-order valence-corrected chi connectivity index (χ1v) is 11.7. The molecule has 0 fully saturated rings. The van der Waals surface area contributed by atoms with Crippen molar-refractivity contribution in [1.82, 2.24) is 10.2 Å². The van der Waals surface area contributed by atoms with E-state index < -0.39 is 6.04 Å². The summed E-state index contributed by atoms with van der Waals surface area (Å²) in [7, 11) is 0. The minimum absolute atomic E-state index is 0.174. The highest BCUT2D eigenvalue weighted by Crippen LogP contribution is 2.24. The van der Waals surface area contributed by atoms with Gasteiger partial charge in [0.05, 0.1) is 0 Å². The molecule has 32 heavy (non-hydrogen) atoms. The summed E-state index contributed by atoms with van der Waals surface area (Å²) in [4.78, 5) is 27.7. The molecule has 0 aliphatic heterocycles. The molecule has 0 saturated heterocycles. The summed E-state index contributed by atoms with van der Waals surface area (Å²) in [5.74, 6) is 0.156. The zero-order chi connectivity index (χ0) is 23.7. The van der Waals surface area contributed by atoms with E-state index in [-0.39, 0.29) is 25.0 Å². The van der Waals surface area contributed by atoms with Crippen LogP contribution in [0.15, 0.2) is 36.4 Å². The smallest absolute Gasteiger partial charge is 0.261 e. The lowest BCUT2D eigenvalue weighted by molar-refractivity contribution is -0.143. The maximum absolute atomic E-state index is 13.2. The molecule has 174 valence electrons. The summed E-state index contributed by atoms with van der Waals surface area (Å²) < 4.78 is 5.77. The average Bonchev–Trinajstić information content (AvgIpc) is 2.75. The topological polar surface area (TPSA) is 58.6 Å². The Kier molecular flexibility index (Phi) is 10.3. The molecule has 7 heteroatoms. The number of hydrogen-bond donors (Lipinski definition) is 1. The van der Waals surface area contributed by atoms with Gasteiger partial charge in [0.15, 0.2) is 6.61 Å². The fraction of sp³-hybridized carbons (Fsp3) is 0.440. The minimum Gasteiger partial charge on any atom is -0.484 e. The Balaban J connectivity index is 2.23. The van der Waals surface area contributed by atoms with Crippen LogP contribution in [0.3, 0.4) is 0 Å². The molecule has 0 bridgehead atoms. The predicted octanol–water partition coefficient (Wildman–Crippen LogP) is 5.71. The van der Waals surface area contributed by atoms with Crippen LogP contribution in [0.2, 0.25) is 10.0 Å². The number of benzene rings is 2. The third kappa shape index (κ3) is 7.42. The number of ether oxygens (including phenoxy) is 1. The van der Waals surface area contributed by atoms with E-state index in [1.807, 2.05) is 39.0 Å². The highest BCUT2D eigenvalue weighted by molar-refractivity contribution is 6.35. The second-order valence-corrected chi connectivity index (χ2v) is 8.70. The van der Waals surface area contributed by atoms with Crippen LogP contribution in [0.4, 0.5) is 0 Å². The van der Waals surface area contributed by atoms with Gasteiger partial charge in [-0.2, -0.15) is 0 Å². The molecule has 2 aromatic carbocycles. The molecule has 0 aliphatic rings. The number of halogens is 2. The number of nitrogens with one attached hydrogen (secondary N) is 1. The van der Waals surface area contributed by atoms with Gasteiger partial charge < -0.3 is 15.0 Å². The van der Waals surface area contributed by atoms with Crippen LogP contribution in [0, 0.1) is 13.8 Å². The molecule has 0 unspecified atom stereocenters. The quantitative estimate of drug-likeness (QED) is 0.420. The van der Waals surface area contributed by atoms with Gasteiger partial charge in [-0.25, -0.2) is 0 Å². The summed E-state index contributed by atoms with van der Waals surface area (Å²) in [6.45, 7) is 8.55. The summed E-state index contributed by atoms with van der Waals surface area (Å²) in [6.07, 6.45) is 2.33. The Morgan fingerprint density at radius 3 is 2.44 bits per heavy atom. The van der Waals surface area contributed by atoms with Gasteiger partial charge in [0.25, 0.3) is 5.91 Å². The number of carbonyl (C=O) groups excluding carboxylic acids is 2. The Morgan fingerprint density at radius 2 is 1.81 bits per heavy atom. The molecule has 0 radical (unpaired) electrons. The van der Waals surface area contributed by atoms with E-state index in [2.05, 4.69) is 12.2 Å². The third-order valence-corrected chi connectivity index (χ3v) is 6.00. The van der Waals surface area contributed by atoms with Crippen LogP contribution in [-0.4, -0.2) is 35.9 Å². The van der Waals surface area contributed by atoms with Crippen molar-refractivity contribution in [2.24, 2.45) is 0 Å². The predicted molar refractivity (Wildman–Crippen MR) is 130 cm³/mol. The molecule has 0 saturated carbocycles. The molecule has 0 aromatic heterocycles. The van der Waals surface area contributed by atoms with E-state index in [1.165, 1.54) is 4.90 Å². The van der Waals surface area contributed by atoms with Crippen LogP contribution < -0.4 is 10.1 Å². The second-order valence-electron chi connectivity index (χ2n) is 7.86. The maximum Gasteiger partial charge on any atom is 0.261 e. The highest BCUT2D eigenvalue weighted by atomic mass is 35.5. The number of nitrogens with zero attached hydrogens (tertiary/aromatic N) is 1. The fourth-order valence-corrected chi connectivity index (χ4v) is 3.76. The van der Waals surface area contributed by atoms with Gasteiger partial charge in [-0.1, -0.05) is 55.6 Å². The molecule has 0 heterocycles. The van der Waals surface area contributed by atoms with Crippen LogP contribution >= 0.6 is 23.2 Å². The summed E-state index contributed by atoms with van der Waals surface area (Å²) in [5.41, 5.74) is 2.95. The first-order valence-electron chi connectivity index (χ1n) is 11.0. The largest absolute Gasteiger partial charge is 0.484 e. The molecule has 0 spiro atoms. The Labute approximate surface area is 201 Å². The van der Waals surface area contributed by atoms with Gasteiger partial charge in [0, 0.05) is 23.1 Å². The van der Waals surface area contributed by atoms with Crippen molar-refractivity contribution in [3.05, 3.63) is 63.1 Å². The zero-order valence-electron chi connectivity index (χ0n) is 19.2. The molecule has 0 aliphatic carbocycles. The summed E-state index contributed by atoms with van der Waals surface area (Å²) in [5, 5.41) is 3.90. The van der Waals surface area contributed by atoms with E-state index in [9.17, 15) is 9.59 Å². The van der Waals surface area contributed by atoms with E-state index in [4.69, 9.17) is 27.9 Å².